The lowest BCUT2D eigenvalue weighted by atomic mass is 9.97. The van der Waals surface area contributed by atoms with Crippen molar-refractivity contribution < 1.29 is 9.05 Å². The van der Waals surface area contributed by atoms with Crippen LogP contribution in [0.3, 0.4) is 0 Å². The van der Waals surface area contributed by atoms with Gasteiger partial charge in [-0.15, -0.1) is 0 Å². The maximum atomic E-state index is 5.62. The summed E-state index contributed by atoms with van der Waals surface area (Å²) in [4.78, 5) is 0. The van der Waals surface area contributed by atoms with Crippen LogP contribution in [0, 0.1) is 5.92 Å². The van der Waals surface area contributed by atoms with Gasteiger partial charge in [-0.3, -0.25) is 0 Å². The van der Waals surface area contributed by atoms with Crippen molar-refractivity contribution in [2.45, 2.75) is 39.2 Å². The number of hydrogen-bond donors (Lipinski definition) is 0. The van der Waals surface area contributed by atoms with Gasteiger partial charge in [0.1, 0.15) is 0 Å². The molecular weight excluding hydrogens is 191 g/mol. The summed E-state index contributed by atoms with van der Waals surface area (Å²) in [6.45, 7) is 5.18. The molecule has 0 aromatic carbocycles. The Balaban J connectivity index is 2.45. The number of rotatable bonds is 3. The molecule has 1 aliphatic heterocycles. The van der Waals surface area contributed by atoms with E-state index < -0.39 is 7.15 Å². The standard InChI is InChI=1S/C8H17O2PS/c1-3-5-8-7(4-2)6-9-11(12)10-8/h7-8,11H,3-6H2,1-2H3. The summed E-state index contributed by atoms with van der Waals surface area (Å²) in [6, 6.07) is 0. The summed E-state index contributed by atoms with van der Waals surface area (Å²) in [5.41, 5.74) is 0. The van der Waals surface area contributed by atoms with Crippen LogP contribution in [0.2, 0.25) is 0 Å². The van der Waals surface area contributed by atoms with Crippen molar-refractivity contribution in [1.82, 2.24) is 0 Å². The van der Waals surface area contributed by atoms with Gasteiger partial charge in [-0.25, -0.2) is 0 Å². The first-order valence-electron chi connectivity index (χ1n) is 4.61. The first kappa shape index (κ1) is 10.6. The lowest BCUT2D eigenvalue weighted by Gasteiger charge is -2.31. The molecule has 3 atom stereocenters. The van der Waals surface area contributed by atoms with Crippen molar-refractivity contribution in [3.05, 3.63) is 0 Å². The third kappa shape index (κ3) is 2.81. The summed E-state index contributed by atoms with van der Waals surface area (Å²) < 4.78 is 11.0. The van der Waals surface area contributed by atoms with Gasteiger partial charge in [-0.05, 0) is 24.6 Å². The Kier molecular flexibility index (Phi) is 4.73. The Hall–Kier alpha value is 0.570. The molecule has 0 N–H and O–H groups in total. The summed E-state index contributed by atoms with van der Waals surface area (Å²) in [6.07, 6.45) is 3.81. The van der Waals surface area contributed by atoms with E-state index in [0.717, 1.165) is 19.4 Å². The largest absolute Gasteiger partial charge is 0.331 e. The van der Waals surface area contributed by atoms with E-state index in [0.29, 0.717) is 12.0 Å². The molecule has 0 bridgehead atoms. The maximum Gasteiger partial charge on any atom is 0.176 e. The van der Waals surface area contributed by atoms with Crippen molar-refractivity contribution in [3.63, 3.8) is 0 Å². The van der Waals surface area contributed by atoms with E-state index >= 15 is 0 Å². The van der Waals surface area contributed by atoms with Crippen LogP contribution in [0.4, 0.5) is 0 Å². The Labute approximate surface area is 80.2 Å². The summed E-state index contributed by atoms with van der Waals surface area (Å²) in [7, 11) is -1.32. The van der Waals surface area contributed by atoms with Gasteiger partial charge in [0.25, 0.3) is 0 Å². The highest BCUT2D eigenvalue weighted by molar-refractivity contribution is 8.00. The van der Waals surface area contributed by atoms with Gasteiger partial charge in [0, 0.05) is 5.92 Å². The first-order chi connectivity index (χ1) is 5.77. The van der Waals surface area contributed by atoms with Gasteiger partial charge in [-0.2, -0.15) is 0 Å². The Morgan fingerprint density at radius 1 is 1.50 bits per heavy atom. The van der Waals surface area contributed by atoms with Crippen LogP contribution in [0.1, 0.15) is 33.1 Å². The van der Waals surface area contributed by atoms with Crippen LogP contribution in [-0.2, 0) is 20.9 Å². The van der Waals surface area contributed by atoms with E-state index in [-0.39, 0.29) is 0 Å². The normalized spacial score (nSPS) is 36.7. The van der Waals surface area contributed by atoms with E-state index in [1.165, 1.54) is 6.42 Å². The van der Waals surface area contributed by atoms with Crippen molar-refractivity contribution in [2.75, 3.05) is 6.61 Å². The number of hydrogen-bond acceptors (Lipinski definition) is 3. The van der Waals surface area contributed by atoms with E-state index in [9.17, 15) is 0 Å². The summed E-state index contributed by atoms with van der Waals surface area (Å²) in [5.74, 6) is 0.571. The van der Waals surface area contributed by atoms with Gasteiger partial charge >= 0.3 is 0 Å². The third-order valence-electron chi connectivity index (χ3n) is 2.29. The minimum Gasteiger partial charge on any atom is -0.331 e. The molecule has 1 saturated heterocycles. The predicted octanol–water partition coefficient (Wildman–Crippen LogP) is 2.73. The summed E-state index contributed by atoms with van der Waals surface area (Å²) in [5, 5.41) is 0. The lowest BCUT2D eigenvalue weighted by Crippen LogP contribution is -2.28. The fourth-order valence-electron chi connectivity index (χ4n) is 1.50. The van der Waals surface area contributed by atoms with Gasteiger partial charge < -0.3 is 9.05 Å². The predicted molar refractivity (Wildman–Crippen MR) is 55.2 cm³/mol. The molecule has 1 heterocycles. The van der Waals surface area contributed by atoms with Gasteiger partial charge in [-0.1, -0.05) is 20.3 Å². The van der Waals surface area contributed by atoms with Crippen LogP contribution < -0.4 is 0 Å². The average molecular weight is 208 g/mol. The lowest BCUT2D eigenvalue weighted by molar-refractivity contribution is 0.0471. The molecule has 0 aromatic rings. The van der Waals surface area contributed by atoms with Gasteiger partial charge in [0.15, 0.2) is 7.15 Å². The molecule has 0 aliphatic carbocycles. The Morgan fingerprint density at radius 3 is 2.83 bits per heavy atom. The fourth-order valence-corrected chi connectivity index (χ4v) is 3.05. The molecule has 0 spiro atoms. The topological polar surface area (TPSA) is 18.5 Å². The van der Waals surface area contributed by atoms with E-state index in [1.807, 2.05) is 0 Å². The molecule has 1 rings (SSSR count). The minimum atomic E-state index is -1.32. The molecule has 72 valence electrons. The molecule has 3 unspecified atom stereocenters. The van der Waals surface area contributed by atoms with Crippen LogP contribution >= 0.6 is 7.15 Å². The van der Waals surface area contributed by atoms with E-state index in [1.54, 1.807) is 0 Å². The first-order valence-corrected chi connectivity index (χ1v) is 7.06. The molecule has 0 saturated carbocycles. The maximum absolute atomic E-state index is 5.62. The molecule has 1 fully saturated rings. The second kappa shape index (κ2) is 5.33. The highest BCUT2D eigenvalue weighted by Crippen LogP contribution is 2.38. The quantitative estimate of drug-likeness (QED) is 0.664. The van der Waals surface area contributed by atoms with Gasteiger partial charge in [0.2, 0.25) is 0 Å². The highest BCUT2D eigenvalue weighted by atomic mass is 32.4. The zero-order valence-electron chi connectivity index (χ0n) is 7.71. The molecule has 0 radical (unpaired) electrons. The SMILES string of the molecule is CCCC1O[PH](=S)OCC1CC. The van der Waals surface area contributed by atoms with Gasteiger partial charge in [0.05, 0.1) is 12.7 Å². The van der Waals surface area contributed by atoms with Crippen LogP contribution in [-0.4, -0.2) is 12.7 Å². The molecule has 0 amide bonds. The summed E-state index contributed by atoms with van der Waals surface area (Å²) >= 11 is 5.04. The third-order valence-corrected chi connectivity index (χ3v) is 3.83. The average Bonchev–Trinajstić information content (AvgIpc) is 2.05. The molecule has 4 heteroatoms. The van der Waals surface area contributed by atoms with Crippen LogP contribution in [0.25, 0.3) is 0 Å². The smallest absolute Gasteiger partial charge is 0.176 e. The Bertz CT molecular complexity index is 163. The highest BCUT2D eigenvalue weighted by Gasteiger charge is 2.26. The van der Waals surface area contributed by atoms with Crippen molar-refractivity contribution in [3.8, 4) is 0 Å². The zero-order valence-corrected chi connectivity index (χ0v) is 9.52. The molecule has 2 nitrogen and oxygen atoms in total. The molecule has 12 heavy (non-hydrogen) atoms. The van der Waals surface area contributed by atoms with Crippen LogP contribution in [0.5, 0.6) is 0 Å². The van der Waals surface area contributed by atoms with Crippen molar-refractivity contribution in [1.29, 1.82) is 0 Å². The van der Waals surface area contributed by atoms with Crippen molar-refractivity contribution >= 4 is 19.0 Å². The second-order valence-corrected chi connectivity index (χ2v) is 5.20. The van der Waals surface area contributed by atoms with E-state index in [2.05, 4.69) is 13.8 Å². The molecular formula is C8H17O2PS. The molecule has 0 aromatic heterocycles. The minimum absolute atomic E-state index is 0.375. The zero-order chi connectivity index (χ0) is 8.97. The van der Waals surface area contributed by atoms with Crippen molar-refractivity contribution in [2.24, 2.45) is 5.92 Å². The molecule has 1 aliphatic rings. The Morgan fingerprint density at radius 2 is 2.25 bits per heavy atom. The monoisotopic (exact) mass is 208 g/mol. The van der Waals surface area contributed by atoms with Crippen LogP contribution in [0.15, 0.2) is 0 Å². The van der Waals surface area contributed by atoms with E-state index in [4.69, 9.17) is 20.9 Å². The fraction of sp³-hybridized carbons (Fsp3) is 1.00. The second-order valence-electron chi connectivity index (χ2n) is 3.17.